The molecule has 0 aliphatic rings. The Kier molecular flexibility index (Phi) is 4.48. The quantitative estimate of drug-likeness (QED) is 0.816. The van der Waals surface area contributed by atoms with E-state index < -0.39 is 10.0 Å². The molecule has 0 aromatic carbocycles. The first kappa shape index (κ1) is 15.7. The Morgan fingerprint density at radius 2 is 2.00 bits per heavy atom. The smallest absolute Gasteiger partial charge is 0.245 e. The van der Waals surface area contributed by atoms with Crippen molar-refractivity contribution >= 4 is 10.0 Å². The summed E-state index contributed by atoms with van der Waals surface area (Å²) in [5.74, 6) is 0.304. The van der Waals surface area contributed by atoms with Crippen LogP contribution in [0.15, 0.2) is 15.5 Å². The maximum Gasteiger partial charge on any atom is 0.245 e. The Bertz CT molecular complexity index is 711. The third-order valence-corrected chi connectivity index (χ3v) is 4.88. The molecule has 0 saturated heterocycles. The standard InChI is InChI=1S/C13H20N4O3S/c1-9-8-10(2)17(15-9)7-5-6-14-21(18,19)13-11(3)16-20-12(13)4/h8,14H,5-7H2,1-4H3. The van der Waals surface area contributed by atoms with Crippen molar-refractivity contribution in [1.29, 1.82) is 0 Å². The van der Waals surface area contributed by atoms with Gasteiger partial charge in [0.1, 0.15) is 10.6 Å². The molecule has 8 heteroatoms. The predicted molar refractivity (Wildman–Crippen MR) is 77.5 cm³/mol. The molecule has 0 unspecified atom stereocenters. The lowest BCUT2D eigenvalue weighted by Gasteiger charge is -2.07. The third kappa shape index (κ3) is 3.51. The van der Waals surface area contributed by atoms with Gasteiger partial charge in [0.15, 0.2) is 5.76 Å². The number of hydrogen-bond donors (Lipinski definition) is 1. The first-order valence-corrected chi connectivity index (χ1v) is 8.23. The highest BCUT2D eigenvalue weighted by atomic mass is 32.2. The highest BCUT2D eigenvalue weighted by Crippen LogP contribution is 2.18. The van der Waals surface area contributed by atoms with Crippen molar-refractivity contribution in [2.75, 3.05) is 6.54 Å². The summed E-state index contributed by atoms with van der Waals surface area (Å²) < 4.78 is 33.7. The largest absolute Gasteiger partial charge is 0.360 e. The Balaban J connectivity index is 1.93. The molecule has 2 heterocycles. The van der Waals surface area contributed by atoms with Crippen LogP contribution < -0.4 is 4.72 Å². The molecule has 0 fully saturated rings. The van der Waals surface area contributed by atoms with E-state index in [-0.39, 0.29) is 4.90 Å². The normalized spacial score (nSPS) is 12.0. The lowest BCUT2D eigenvalue weighted by atomic mass is 10.4. The number of sulfonamides is 1. The van der Waals surface area contributed by atoms with Crippen molar-refractivity contribution in [1.82, 2.24) is 19.7 Å². The van der Waals surface area contributed by atoms with Crippen LogP contribution in [0, 0.1) is 27.7 Å². The minimum absolute atomic E-state index is 0.133. The van der Waals surface area contributed by atoms with E-state index >= 15 is 0 Å². The van der Waals surface area contributed by atoms with Crippen LogP contribution in [0.1, 0.15) is 29.3 Å². The molecule has 0 aliphatic carbocycles. The summed E-state index contributed by atoms with van der Waals surface area (Å²) in [5.41, 5.74) is 2.41. The van der Waals surface area contributed by atoms with E-state index in [4.69, 9.17) is 4.52 Å². The monoisotopic (exact) mass is 312 g/mol. The summed E-state index contributed by atoms with van der Waals surface area (Å²) in [7, 11) is -3.57. The van der Waals surface area contributed by atoms with Gasteiger partial charge >= 0.3 is 0 Å². The molecule has 0 saturated carbocycles. The van der Waals surface area contributed by atoms with Gasteiger partial charge in [0.05, 0.1) is 5.69 Å². The highest BCUT2D eigenvalue weighted by molar-refractivity contribution is 7.89. The van der Waals surface area contributed by atoms with E-state index in [9.17, 15) is 8.42 Å². The van der Waals surface area contributed by atoms with Crippen molar-refractivity contribution in [3.8, 4) is 0 Å². The maximum absolute atomic E-state index is 12.2. The van der Waals surface area contributed by atoms with Crippen molar-refractivity contribution in [3.63, 3.8) is 0 Å². The Hall–Kier alpha value is -1.67. The van der Waals surface area contributed by atoms with E-state index in [1.165, 1.54) is 0 Å². The molecule has 116 valence electrons. The van der Waals surface area contributed by atoms with Crippen LogP contribution in [0.3, 0.4) is 0 Å². The predicted octanol–water partition coefficient (Wildman–Crippen LogP) is 1.47. The van der Waals surface area contributed by atoms with Gasteiger partial charge in [-0.15, -0.1) is 0 Å². The summed E-state index contributed by atoms with van der Waals surface area (Å²) in [6, 6.07) is 1.99. The van der Waals surface area contributed by atoms with Crippen LogP contribution in [0.4, 0.5) is 0 Å². The van der Waals surface area contributed by atoms with Gasteiger partial charge in [-0.05, 0) is 40.2 Å². The van der Waals surface area contributed by atoms with Gasteiger partial charge in [-0.25, -0.2) is 13.1 Å². The van der Waals surface area contributed by atoms with Crippen LogP contribution in [0.25, 0.3) is 0 Å². The molecule has 21 heavy (non-hydrogen) atoms. The van der Waals surface area contributed by atoms with Gasteiger partial charge in [-0.2, -0.15) is 5.10 Å². The fourth-order valence-corrected chi connectivity index (χ4v) is 3.67. The lowest BCUT2D eigenvalue weighted by molar-refractivity contribution is 0.390. The fourth-order valence-electron chi connectivity index (χ4n) is 2.27. The molecule has 0 amide bonds. The summed E-state index contributed by atoms with van der Waals surface area (Å²) in [6.45, 7) is 8.12. The second-order valence-corrected chi connectivity index (χ2v) is 6.76. The second-order valence-electron chi connectivity index (χ2n) is 5.05. The van der Waals surface area contributed by atoms with E-state index in [1.54, 1.807) is 13.8 Å². The first-order valence-electron chi connectivity index (χ1n) is 6.75. The highest BCUT2D eigenvalue weighted by Gasteiger charge is 2.23. The number of nitrogens with zero attached hydrogens (tertiary/aromatic N) is 3. The van der Waals surface area contributed by atoms with Gasteiger partial charge in [-0.3, -0.25) is 4.68 Å². The minimum atomic E-state index is -3.57. The Labute approximate surface area is 124 Å². The van der Waals surface area contributed by atoms with Gasteiger partial charge < -0.3 is 4.52 Å². The van der Waals surface area contributed by atoms with Gasteiger partial charge in [-0.1, -0.05) is 5.16 Å². The van der Waals surface area contributed by atoms with Crippen LogP contribution in [-0.2, 0) is 16.6 Å². The fraction of sp³-hybridized carbons (Fsp3) is 0.538. The zero-order valence-electron chi connectivity index (χ0n) is 12.7. The minimum Gasteiger partial charge on any atom is -0.360 e. The SMILES string of the molecule is Cc1cc(C)n(CCCNS(=O)(=O)c2c(C)noc2C)n1. The van der Waals surface area contributed by atoms with Crippen molar-refractivity contribution in [2.24, 2.45) is 0 Å². The average molecular weight is 312 g/mol. The second kappa shape index (κ2) is 5.98. The van der Waals surface area contributed by atoms with E-state index in [1.807, 2.05) is 24.6 Å². The van der Waals surface area contributed by atoms with Gasteiger partial charge in [0.2, 0.25) is 10.0 Å². The van der Waals surface area contributed by atoms with Crippen molar-refractivity contribution in [2.45, 2.75) is 45.6 Å². The first-order chi connectivity index (χ1) is 9.81. The number of aryl methyl sites for hydroxylation is 5. The molecule has 0 aliphatic heterocycles. The van der Waals surface area contributed by atoms with Gasteiger partial charge in [0, 0.05) is 18.8 Å². The van der Waals surface area contributed by atoms with Crippen LogP contribution in [-0.4, -0.2) is 29.9 Å². The summed E-state index contributed by atoms with van der Waals surface area (Å²) in [5, 5.41) is 8.00. The van der Waals surface area contributed by atoms with E-state index in [0.29, 0.717) is 31.0 Å². The molecular formula is C13H20N4O3S. The topological polar surface area (TPSA) is 90.0 Å². The van der Waals surface area contributed by atoms with Crippen LogP contribution in [0.5, 0.6) is 0 Å². The van der Waals surface area contributed by atoms with Crippen molar-refractivity contribution < 1.29 is 12.9 Å². The molecule has 2 rings (SSSR count). The average Bonchev–Trinajstić information content (AvgIpc) is 2.88. The third-order valence-electron chi connectivity index (χ3n) is 3.18. The zero-order chi connectivity index (χ0) is 15.6. The maximum atomic E-state index is 12.2. The van der Waals surface area contributed by atoms with Crippen molar-refractivity contribution in [3.05, 3.63) is 28.9 Å². The molecule has 2 aromatic rings. The zero-order valence-corrected chi connectivity index (χ0v) is 13.5. The molecule has 7 nitrogen and oxygen atoms in total. The molecule has 0 spiro atoms. The Morgan fingerprint density at radius 1 is 1.29 bits per heavy atom. The molecule has 0 atom stereocenters. The van der Waals surface area contributed by atoms with Crippen LogP contribution >= 0.6 is 0 Å². The number of aromatic nitrogens is 3. The molecule has 0 bridgehead atoms. The summed E-state index contributed by atoms with van der Waals surface area (Å²) in [4.78, 5) is 0.133. The molecular weight excluding hydrogens is 292 g/mol. The van der Waals surface area contributed by atoms with Crippen LogP contribution in [0.2, 0.25) is 0 Å². The number of nitrogens with one attached hydrogen (secondary N) is 1. The molecule has 0 radical (unpaired) electrons. The molecule has 1 N–H and O–H groups in total. The Morgan fingerprint density at radius 3 is 2.52 bits per heavy atom. The lowest BCUT2D eigenvalue weighted by Crippen LogP contribution is -2.26. The summed E-state index contributed by atoms with van der Waals surface area (Å²) in [6.07, 6.45) is 0.657. The molecule has 2 aromatic heterocycles. The number of hydrogen-bond acceptors (Lipinski definition) is 5. The summed E-state index contributed by atoms with van der Waals surface area (Å²) >= 11 is 0. The van der Waals surface area contributed by atoms with E-state index in [0.717, 1.165) is 11.4 Å². The van der Waals surface area contributed by atoms with E-state index in [2.05, 4.69) is 15.0 Å². The van der Waals surface area contributed by atoms with Gasteiger partial charge in [0.25, 0.3) is 0 Å². The number of rotatable bonds is 6.